The molecule has 1 aromatic rings. The molecule has 0 aliphatic carbocycles. The van der Waals surface area contributed by atoms with Gasteiger partial charge in [-0.25, -0.2) is 9.78 Å². The average Bonchev–Trinajstić information content (AvgIpc) is 3.05. The topological polar surface area (TPSA) is 87.9 Å². The molecule has 1 saturated heterocycles. The van der Waals surface area contributed by atoms with Crippen LogP contribution in [0.3, 0.4) is 0 Å². The summed E-state index contributed by atoms with van der Waals surface area (Å²) in [4.78, 5) is 30.1. The minimum absolute atomic E-state index is 0.00882. The fourth-order valence-corrected chi connectivity index (χ4v) is 4.03. The zero-order valence-corrected chi connectivity index (χ0v) is 16.8. The summed E-state index contributed by atoms with van der Waals surface area (Å²) in [6.45, 7) is 9.19. The van der Waals surface area contributed by atoms with Crippen LogP contribution in [-0.4, -0.2) is 82.4 Å². The SMILES string of the molecule is CCN1CCn2c(C)cnc2C12CCN(C(=O)COC)CC2.O=C(O)C(F)(F)F. The molecule has 0 bridgehead atoms. The maximum atomic E-state index is 12.0. The molecule has 8 nitrogen and oxygen atoms in total. The minimum atomic E-state index is -5.08. The summed E-state index contributed by atoms with van der Waals surface area (Å²) in [6.07, 6.45) is -1.20. The van der Waals surface area contributed by atoms with Crippen LogP contribution in [-0.2, 0) is 26.4 Å². The number of alkyl halides is 3. The molecule has 3 rings (SSSR count). The van der Waals surface area contributed by atoms with Crippen molar-refractivity contribution in [2.24, 2.45) is 0 Å². The van der Waals surface area contributed by atoms with Gasteiger partial charge in [0.2, 0.25) is 5.91 Å². The number of carboxylic acids is 1. The molecule has 3 heterocycles. The summed E-state index contributed by atoms with van der Waals surface area (Å²) < 4.78 is 39.1. The number of fused-ring (bicyclic) bond motifs is 2. The molecule has 0 saturated carbocycles. The van der Waals surface area contributed by atoms with E-state index >= 15 is 0 Å². The number of carbonyl (C=O) groups excluding carboxylic acids is 1. The maximum absolute atomic E-state index is 12.0. The van der Waals surface area contributed by atoms with Gasteiger partial charge >= 0.3 is 12.1 Å². The Kier molecular flexibility index (Phi) is 7.28. The number of hydrogen-bond acceptors (Lipinski definition) is 5. The Morgan fingerprint density at radius 1 is 1.24 bits per heavy atom. The summed E-state index contributed by atoms with van der Waals surface area (Å²) >= 11 is 0. The summed E-state index contributed by atoms with van der Waals surface area (Å²) in [7, 11) is 1.57. The normalized spacial score (nSPS) is 18.8. The van der Waals surface area contributed by atoms with Gasteiger partial charge in [0.25, 0.3) is 0 Å². The van der Waals surface area contributed by atoms with Crippen molar-refractivity contribution in [2.45, 2.75) is 44.9 Å². The summed E-state index contributed by atoms with van der Waals surface area (Å²) in [5, 5.41) is 7.12. The molecular weight excluding hydrogens is 393 g/mol. The van der Waals surface area contributed by atoms with Gasteiger partial charge in [0.05, 0.1) is 5.54 Å². The van der Waals surface area contributed by atoms with E-state index in [1.807, 2.05) is 11.1 Å². The number of ether oxygens (including phenoxy) is 1. The van der Waals surface area contributed by atoms with E-state index in [9.17, 15) is 18.0 Å². The van der Waals surface area contributed by atoms with Crippen molar-refractivity contribution >= 4 is 11.9 Å². The molecule has 0 atom stereocenters. The Morgan fingerprint density at radius 2 is 1.83 bits per heavy atom. The number of carbonyl (C=O) groups is 2. The van der Waals surface area contributed by atoms with Crippen molar-refractivity contribution in [1.29, 1.82) is 0 Å². The monoisotopic (exact) mass is 420 g/mol. The fraction of sp³-hybridized carbons (Fsp3) is 0.722. The number of aliphatic carboxylic acids is 1. The highest BCUT2D eigenvalue weighted by Crippen LogP contribution is 2.40. The number of rotatable bonds is 3. The van der Waals surface area contributed by atoms with E-state index in [0.29, 0.717) is 0 Å². The molecule has 164 valence electrons. The molecule has 1 aromatic heterocycles. The first-order chi connectivity index (χ1) is 13.6. The van der Waals surface area contributed by atoms with Crippen LogP contribution in [0.25, 0.3) is 0 Å². The lowest BCUT2D eigenvalue weighted by Crippen LogP contribution is -2.58. The largest absolute Gasteiger partial charge is 0.490 e. The molecule has 1 N–H and O–H groups in total. The van der Waals surface area contributed by atoms with E-state index in [4.69, 9.17) is 19.6 Å². The predicted octanol–water partition coefficient (Wildman–Crippen LogP) is 1.62. The minimum Gasteiger partial charge on any atom is -0.475 e. The number of carboxylic acid groups (broad SMARTS) is 1. The molecule has 1 fully saturated rings. The Labute approximate surface area is 167 Å². The van der Waals surface area contributed by atoms with Gasteiger partial charge in [-0.05, 0) is 26.3 Å². The van der Waals surface area contributed by atoms with Crippen LogP contribution in [0.15, 0.2) is 6.20 Å². The third kappa shape index (κ3) is 4.89. The highest BCUT2D eigenvalue weighted by Gasteiger charge is 2.46. The Morgan fingerprint density at radius 3 is 2.31 bits per heavy atom. The zero-order chi connectivity index (χ0) is 21.8. The van der Waals surface area contributed by atoms with Gasteiger partial charge in [-0.1, -0.05) is 6.92 Å². The molecule has 0 radical (unpaired) electrons. The van der Waals surface area contributed by atoms with Crippen LogP contribution in [0, 0.1) is 6.92 Å². The van der Waals surface area contributed by atoms with Gasteiger partial charge < -0.3 is 19.3 Å². The van der Waals surface area contributed by atoms with Crippen LogP contribution in [0.5, 0.6) is 0 Å². The molecule has 2 aliphatic heterocycles. The third-order valence-electron chi connectivity index (χ3n) is 5.51. The molecular formula is C18H27F3N4O4. The first-order valence-corrected chi connectivity index (χ1v) is 9.41. The standard InChI is InChI=1S/C16H26N4O2.C2HF3O2/c1-4-19-9-10-20-13(2)11-17-15(20)16(19)5-7-18(8-6-16)14(21)12-22-3;3-2(4,5)1(6)7/h11H,4-10,12H2,1-3H3;(H,6,7). The predicted molar refractivity (Wildman–Crippen MR) is 97.3 cm³/mol. The number of likely N-dealkylation sites (tertiary alicyclic amines) is 1. The number of aromatic nitrogens is 2. The Bertz CT molecular complexity index is 727. The van der Waals surface area contributed by atoms with E-state index in [1.165, 1.54) is 11.5 Å². The van der Waals surface area contributed by atoms with Gasteiger partial charge in [-0.15, -0.1) is 0 Å². The number of piperidine rings is 1. The van der Waals surface area contributed by atoms with Gasteiger partial charge in [0, 0.05) is 45.2 Å². The second-order valence-corrected chi connectivity index (χ2v) is 7.10. The first kappa shape index (κ1) is 23.1. The molecule has 1 spiro atoms. The van der Waals surface area contributed by atoms with E-state index in [2.05, 4.69) is 23.3 Å². The van der Waals surface area contributed by atoms with Gasteiger partial charge in [-0.3, -0.25) is 9.69 Å². The lowest BCUT2D eigenvalue weighted by atomic mass is 9.83. The van der Waals surface area contributed by atoms with Gasteiger partial charge in [0.1, 0.15) is 12.4 Å². The van der Waals surface area contributed by atoms with E-state index in [1.54, 1.807) is 7.11 Å². The molecule has 0 unspecified atom stereocenters. The number of halogens is 3. The number of hydrogen-bond donors (Lipinski definition) is 1. The van der Waals surface area contributed by atoms with Crippen molar-refractivity contribution in [2.75, 3.05) is 39.9 Å². The lowest BCUT2D eigenvalue weighted by molar-refractivity contribution is -0.192. The highest BCUT2D eigenvalue weighted by atomic mass is 19.4. The average molecular weight is 420 g/mol. The van der Waals surface area contributed by atoms with Gasteiger partial charge in [0.15, 0.2) is 0 Å². The smallest absolute Gasteiger partial charge is 0.475 e. The Balaban J connectivity index is 0.000000370. The second kappa shape index (κ2) is 9.12. The maximum Gasteiger partial charge on any atom is 0.490 e. The van der Waals surface area contributed by atoms with Gasteiger partial charge in [-0.2, -0.15) is 13.2 Å². The first-order valence-electron chi connectivity index (χ1n) is 9.41. The van der Waals surface area contributed by atoms with Crippen LogP contribution < -0.4 is 0 Å². The zero-order valence-electron chi connectivity index (χ0n) is 16.8. The lowest BCUT2D eigenvalue weighted by Gasteiger charge is -2.50. The summed E-state index contributed by atoms with van der Waals surface area (Å²) in [6, 6.07) is 0. The molecule has 29 heavy (non-hydrogen) atoms. The second-order valence-electron chi connectivity index (χ2n) is 7.10. The summed E-state index contributed by atoms with van der Waals surface area (Å²) in [5.74, 6) is -1.47. The van der Waals surface area contributed by atoms with E-state index in [0.717, 1.165) is 45.6 Å². The number of imidazole rings is 1. The van der Waals surface area contributed by atoms with Crippen LogP contribution in [0.2, 0.25) is 0 Å². The molecule has 2 aliphatic rings. The third-order valence-corrected chi connectivity index (χ3v) is 5.51. The Hall–Kier alpha value is -2.14. The molecule has 11 heteroatoms. The number of nitrogens with zero attached hydrogens (tertiary/aromatic N) is 4. The van der Waals surface area contributed by atoms with Crippen molar-refractivity contribution in [1.82, 2.24) is 19.4 Å². The van der Waals surface area contributed by atoms with Crippen molar-refractivity contribution in [3.05, 3.63) is 17.7 Å². The molecule has 1 amide bonds. The summed E-state index contributed by atoms with van der Waals surface area (Å²) in [5.41, 5.74) is 1.23. The number of amides is 1. The number of methoxy groups -OCH3 is 1. The number of likely N-dealkylation sites (N-methyl/N-ethyl adjacent to an activating group) is 1. The van der Waals surface area contributed by atoms with Crippen LogP contribution in [0.1, 0.15) is 31.3 Å². The van der Waals surface area contributed by atoms with E-state index in [-0.39, 0.29) is 18.1 Å². The van der Waals surface area contributed by atoms with Crippen molar-refractivity contribution in [3.8, 4) is 0 Å². The van der Waals surface area contributed by atoms with Crippen LogP contribution >= 0.6 is 0 Å². The van der Waals surface area contributed by atoms with Crippen molar-refractivity contribution in [3.63, 3.8) is 0 Å². The molecule has 0 aromatic carbocycles. The highest BCUT2D eigenvalue weighted by molar-refractivity contribution is 5.77. The van der Waals surface area contributed by atoms with Crippen molar-refractivity contribution < 1.29 is 32.6 Å². The number of aryl methyl sites for hydroxylation is 1. The quantitative estimate of drug-likeness (QED) is 0.800. The fourth-order valence-electron chi connectivity index (χ4n) is 4.03. The van der Waals surface area contributed by atoms with E-state index < -0.39 is 12.1 Å². The van der Waals surface area contributed by atoms with Crippen LogP contribution in [0.4, 0.5) is 13.2 Å².